The van der Waals surface area contributed by atoms with Gasteiger partial charge in [-0.25, -0.2) is 0 Å². The lowest BCUT2D eigenvalue weighted by atomic mass is 9.83. The Morgan fingerprint density at radius 2 is 2.16 bits per heavy atom. The summed E-state index contributed by atoms with van der Waals surface area (Å²) in [5, 5.41) is 10.4. The van der Waals surface area contributed by atoms with Crippen molar-refractivity contribution in [3.8, 4) is 5.75 Å². The lowest BCUT2D eigenvalue weighted by Gasteiger charge is -2.40. The molecule has 1 aromatic rings. The molecule has 1 saturated carbocycles. The van der Waals surface area contributed by atoms with Crippen LogP contribution in [0.15, 0.2) is 22.7 Å². The van der Waals surface area contributed by atoms with E-state index in [0.717, 1.165) is 41.0 Å². The fourth-order valence-corrected chi connectivity index (χ4v) is 3.81. The van der Waals surface area contributed by atoms with E-state index >= 15 is 0 Å². The molecule has 1 heterocycles. The minimum atomic E-state index is -0.384. The number of ether oxygens (including phenoxy) is 1. The summed E-state index contributed by atoms with van der Waals surface area (Å²) in [6.07, 6.45) is 6.19. The summed E-state index contributed by atoms with van der Waals surface area (Å²) in [7, 11) is 0. The average Bonchev–Trinajstić information content (AvgIpc) is 2.52. The van der Waals surface area contributed by atoms with Crippen LogP contribution < -0.4 is 4.74 Å². The highest BCUT2D eigenvalue weighted by molar-refractivity contribution is 9.10. The lowest BCUT2D eigenvalue weighted by Crippen LogP contribution is -2.40. The summed E-state index contributed by atoms with van der Waals surface area (Å²) in [4.78, 5) is 0. The molecule has 19 heavy (non-hydrogen) atoms. The van der Waals surface area contributed by atoms with Crippen LogP contribution in [0.3, 0.4) is 0 Å². The SMILES string of the molecule is CC1CCCC2(CC1)C[C@@H](O)c1ccc(Br)cc1O2. The van der Waals surface area contributed by atoms with Crippen molar-refractivity contribution < 1.29 is 9.84 Å². The van der Waals surface area contributed by atoms with Crippen LogP contribution in [-0.4, -0.2) is 10.7 Å². The molecule has 2 nitrogen and oxygen atoms in total. The second-order valence-corrected chi connectivity index (χ2v) is 7.14. The first-order chi connectivity index (χ1) is 9.08. The van der Waals surface area contributed by atoms with Gasteiger partial charge in [0.1, 0.15) is 11.4 Å². The molecule has 2 aliphatic rings. The van der Waals surface area contributed by atoms with E-state index in [4.69, 9.17) is 4.74 Å². The van der Waals surface area contributed by atoms with Crippen molar-refractivity contribution in [2.75, 3.05) is 0 Å². The third-order valence-corrected chi connectivity index (χ3v) is 5.14. The Balaban J connectivity index is 1.90. The molecule has 3 heteroatoms. The highest BCUT2D eigenvalue weighted by Gasteiger charge is 2.41. The van der Waals surface area contributed by atoms with Gasteiger partial charge in [0.2, 0.25) is 0 Å². The van der Waals surface area contributed by atoms with Crippen LogP contribution in [0.25, 0.3) is 0 Å². The summed E-state index contributed by atoms with van der Waals surface area (Å²) in [6.45, 7) is 2.32. The Hall–Kier alpha value is -0.540. The molecular weight excluding hydrogens is 304 g/mol. The standard InChI is InChI=1S/C16H21BrO2/c1-11-3-2-7-16(8-6-11)10-14(18)13-5-4-12(17)9-15(13)19-16/h4-5,9,11,14,18H,2-3,6-8,10H2,1H3/t11?,14-,16?/m1/s1. The van der Waals surface area contributed by atoms with Crippen LogP contribution in [-0.2, 0) is 0 Å². The smallest absolute Gasteiger partial charge is 0.127 e. The van der Waals surface area contributed by atoms with Gasteiger partial charge in [0, 0.05) is 16.5 Å². The number of hydrogen-bond donors (Lipinski definition) is 1. The van der Waals surface area contributed by atoms with Crippen molar-refractivity contribution in [2.24, 2.45) is 5.92 Å². The zero-order valence-electron chi connectivity index (χ0n) is 11.4. The van der Waals surface area contributed by atoms with Crippen molar-refractivity contribution in [1.29, 1.82) is 0 Å². The average molecular weight is 325 g/mol. The largest absolute Gasteiger partial charge is 0.487 e. The zero-order chi connectivity index (χ0) is 13.5. The molecule has 1 N–H and O–H groups in total. The molecule has 1 fully saturated rings. The van der Waals surface area contributed by atoms with Gasteiger partial charge in [-0.2, -0.15) is 0 Å². The molecular formula is C16H21BrO2. The van der Waals surface area contributed by atoms with Crippen molar-refractivity contribution in [2.45, 2.75) is 57.2 Å². The predicted octanol–water partition coefficient (Wildman–Crippen LogP) is 4.60. The molecule has 0 saturated heterocycles. The highest BCUT2D eigenvalue weighted by Crippen LogP contribution is 2.46. The van der Waals surface area contributed by atoms with Gasteiger partial charge in [-0.05, 0) is 43.7 Å². The van der Waals surface area contributed by atoms with Gasteiger partial charge in [0.05, 0.1) is 6.10 Å². The summed E-state index contributed by atoms with van der Waals surface area (Å²) in [5.41, 5.74) is 0.795. The van der Waals surface area contributed by atoms with E-state index in [0.29, 0.717) is 0 Å². The van der Waals surface area contributed by atoms with E-state index in [9.17, 15) is 5.11 Å². The van der Waals surface area contributed by atoms with Crippen molar-refractivity contribution in [3.05, 3.63) is 28.2 Å². The Kier molecular flexibility index (Phi) is 3.61. The maximum Gasteiger partial charge on any atom is 0.127 e. The lowest BCUT2D eigenvalue weighted by molar-refractivity contribution is -0.0250. The number of aliphatic hydroxyl groups excluding tert-OH is 1. The summed E-state index contributed by atoms with van der Waals surface area (Å²) >= 11 is 3.49. The number of halogens is 1. The van der Waals surface area contributed by atoms with E-state index in [-0.39, 0.29) is 11.7 Å². The second-order valence-electron chi connectivity index (χ2n) is 6.22. The van der Waals surface area contributed by atoms with Gasteiger partial charge in [0.25, 0.3) is 0 Å². The van der Waals surface area contributed by atoms with Crippen molar-refractivity contribution in [1.82, 2.24) is 0 Å². The topological polar surface area (TPSA) is 29.5 Å². The van der Waals surface area contributed by atoms with Crippen LogP contribution in [0.2, 0.25) is 0 Å². The predicted molar refractivity (Wildman–Crippen MR) is 79.3 cm³/mol. The molecule has 1 aliphatic heterocycles. The highest BCUT2D eigenvalue weighted by atomic mass is 79.9. The van der Waals surface area contributed by atoms with Crippen LogP contribution in [0.4, 0.5) is 0 Å². The Labute approximate surface area is 123 Å². The number of aliphatic hydroxyl groups is 1. The summed E-state index contributed by atoms with van der Waals surface area (Å²) in [6, 6.07) is 5.93. The van der Waals surface area contributed by atoms with Gasteiger partial charge in [0.15, 0.2) is 0 Å². The number of benzene rings is 1. The number of rotatable bonds is 0. The normalized spacial score (nSPS) is 34.5. The van der Waals surface area contributed by atoms with Gasteiger partial charge in [-0.3, -0.25) is 0 Å². The fourth-order valence-electron chi connectivity index (χ4n) is 3.47. The maximum atomic E-state index is 10.4. The Morgan fingerprint density at radius 1 is 1.32 bits per heavy atom. The summed E-state index contributed by atoms with van der Waals surface area (Å²) in [5.74, 6) is 1.65. The monoisotopic (exact) mass is 324 g/mol. The molecule has 0 aromatic heterocycles. The van der Waals surface area contributed by atoms with E-state index in [1.54, 1.807) is 0 Å². The molecule has 1 aromatic carbocycles. The fraction of sp³-hybridized carbons (Fsp3) is 0.625. The minimum absolute atomic E-state index is 0.141. The van der Waals surface area contributed by atoms with Crippen LogP contribution in [0, 0.1) is 5.92 Å². The van der Waals surface area contributed by atoms with Crippen LogP contribution in [0.1, 0.15) is 57.1 Å². The second kappa shape index (κ2) is 5.10. The van der Waals surface area contributed by atoms with E-state index in [1.807, 2.05) is 18.2 Å². The first-order valence-electron chi connectivity index (χ1n) is 7.24. The molecule has 0 radical (unpaired) electrons. The minimum Gasteiger partial charge on any atom is -0.487 e. The molecule has 104 valence electrons. The molecule has 0 bridgehead atoms. The molecule has 3 rings (SSSR count). The van der Waals surface area contributed by atoms with Gasteiger partial charge >= 0.3 is 0 Å². The van der Waals surface area contributed by atoms with Crippen LogP contribution in [0.5, 0.6) is 5.75 Å². The quantitative estimate of drug-likeness (QED) is 0.755. The molecule has 3 atom stereocenters. The Bertz CT molecular complexity index is 474. The first-order valence-corrected chi connectivity index (χ1v) is 8.04. The maximum absolute atomic E-state index is 10.4. The first kappa shape index (κ1) is 13.4. The van der Waals surface area contributed by atoms with Gasteiger partial charge in [-0.1, -0.05) is 35.3 Å². The van der Waals surface area contributed by atoms with Crippen molar-refractivity contribution in [3.63, 3.8) is 0 Å². The van der Waals surface area contributed by atoms with Gasteiger partial charge in [-0.15, -0.1) is 0 Å². The molecule has 1 aliphatic carbocycles. The van der Waals surface area contributed by atoms with Crippen LogP contribution >= 0.6 is 15.9 Å². The third-order valence-electron chi connectivity index (χ3n) is 4.65. The Morgan fingerprint density at radius 3 is 3.00 bits per heavy atom. The molecule has 1 spiro atoms. The van der Waals surface area contributed by atoms with Gasteiger partial charge < -0.3 is 9.84 Å². The van der Waals surface area contributed by atoms with Crippen molar-refractivity contribution >= 4 is 15.9 Å². The zero-order valence-corrected chi connectivity index (χ0v) is 12.9. The summed E-state index contributed by atoms with van der Waals surface area (Å²) < 4.78 is 7.36. The molecule has 2 unspecified atom stereocenters. The molecule has 0 amide bonds. The van der Waals surface area contributed by atoms with E-state index in [1.165, 1.54) is 19.3 Å². The number of hydrogen-bond acceptors (Lipinski definition) is 2. The number of fused-ring (bicyclic) bond motifs is 1. The van der Waals surface area contributed by atoms with E-state index < -0.39 is 0 Å². The third kappa shape index (κ3) is 2.68. The van der Waals surface area contributed by atoms with E-state index in [2.05, 4.69) is 22.9 Å².